The van der Waals surface area contributed by atoms with Crippen LogP contribution in [0.15, 0.2) is 17.0 Å². The maximum atomic E-state index is 4.33. The normalized spacial score (nSPS) is 17.5. The zero-order chi connectivity index (χ0) is 9.10. The monoisotopic (exact) mass is 241 g/mol. The Bertz CT molecular complexity index is 284. The van der Waals surface area contributed by atoms with E-state index in [-0.39, 0.29) is 0 Å². The Kier molecular flexibility index (Phi) is 2.78. The summed E-state index contributed by atoms with van der Waals surface area (Å²) in [5.74, 6) is 1.04. The Balaban J connectivity index is 2.14. The fraction of sp³-hybridized carbons (Fsp3) is 0.556. The lowest BCUT2D eigenvalue weighted by Crippen LogP contribution is -2.30. The molecule has 0 unspecified atom stereocenters. The maximum Gasteiger partial charge on any atom is 0.198 e. The third-order valence-corrected chi connectivity index (χ3v) is 2.67. The quantitative estimate of drug-likeness (QED) is 0.707. The highest BCUT2D eigenvalue weighted by Gasteiger charge is 2.11. The average molecular weight is 242 g/mol. The molecule has 0 aromatic carbocycles. The molecule has 0 saturated carbocycles. The summed E-state index contributed by atoms with van der Waals surface area (Å²) in [5.41, 5.74) is 0. The first-order chi connectivity index (χ1) is 6.36. The van der Waals surface area contributed by atoms with Gasteiger partial charge in [-0.1, -0.05) is 0 Å². The molecule has 0 bridgehead atoms. The second-order valence-electron chi connectivity index (χ2n) is 3.23. The van der Waals surface area contributed by atoms with E-state index in [2.05, 4.69) is 30.8 Å². The minimum atomic E-state index is 0.676. The molecule has 0 N–H and O–H groups in total. The van der Waals surface area contributed by atoms with Crippen LogP contribution in [0, 0.1) is 0 Å². The third-order valence-electron chi connectivity index (χ3n) is 2.29. The van der Waals surface area contributed by atoms with Crippen LogP contribution in [0.2, 0.25) is 0 Å². The summed E-state index contributed by atoms with van der Waals surface area (Å²) in [5, 5.41) is 0. The van der Waals surface area contributed by atoms with Gasteiger partial charge in [0.1, 0.15) is 5.82 Å². The van der Waals surface area contributed by atoms with Gasteiger partial charge in [0.05, 0.1) is 0 Å². The minimum absolute atomic E-state index is 0.676. The molecule has 70 valence electrons. The van der Waals surface area contributed by atoms with Crippen molar-refractivity contribution in [2.24, 2.45) is 0 Å². The molecule has 3 nitrogen and oxygen atoms in total. The Morgan fingerprint density at radius 3 is 2.69 bits per heavy atom. The van der Waals surface area contributed by atoms with Crippen LogP contribution in [-0.4, -0.2) is 23.1 Å². The number of nitrogens with zero attached hydrogens (tertiary/aromatic N) is 3. The first-order valence-corrected chi connectivity index (χ1v) is 5.39. The van der Waals surface area contributed by atoms with Crippen molar-refractivity contribution < 1.29 is 0 Å². The van der Waals surface area contributed by atoms with E-state index in [9.17, 15) is 0 Å². The van der Waals surface area contributed by atoms with Gasteiger partial charge in [-0.05, 0) is 41.3 Å². The van der Waals surface area contributed by atoms with Crippen molar-refractivity contribution in [1.82, 2.24) is 9.97 Å². The molecule has 1 aliphatic rings. The summed E-state index contributed by atoms with van der Waals surface area (Å²) in [7, 11) is 0. The van der Waals surface area contributed by atoms with Crippen molar-refractivity contribution >= 4 is 21.7 Å². The van der Waals surface area contributed by atoms with Crippen LogP contribution in [-0.2, 0) is 0 Å². The molecule has 2 heterocycles. The van der Waals surface area contributed by atoms with E-state index >= 15 is 0 Å². The van der Waals surface area contributed by atoms with Crippen molar-refractivity contribution in [1.29, 1.82) is 0 Å². The molecule has 4 heteroatoms. The molecule has 1 aromatic heterocycles. The molecule has 1 aliphatic heterocycles. The number of piperidine rings is 1. The third kappa shape index (κ3) is 2.18. The summed E-state index contributed by atoms with van der Waals surface area (Å²) in [6.07, 6.45) is 5.70. The zero-order valence-corrected chi connectivity index (χ0v) is 9.00. The standard InChI is InChI=1S/C9H12BrN3/c10-9-11-5-4-8(12-9)13-6-2-1-3-7-13/h4-5H,1-3,6-7H2. The first-order valence-electron chi connectivity index (χ1n) is 4.60. The number of halogens is 1. The minimum Gasteiger partial charge on any atom is -0.356 e. The number of anilines is 1. The van der Waals surface area contributed by atoms with Crippen LogP contribution >= 0.6 is 15.9 Å². The smallest absolute Gasteiger partial charge is 0.198 e. The summed E-state index contributed by atoms with van der Waals surface area (Å²) in [4.78, 5) is 10.7. The Morgan fingerprint density at radius 1 is 1.23 bits per heavy atom. The van der Waals surface area contributed by atoms with Gasteiger partial charge in [0.25, 0.3) is 0 Å². The summed E-state index contributed by atoms with van der Waals surface area (Å²) in [6, 6.07) is 1.97. The predicted octanol–water partition coefficient (Wildman–Crippen LogP) is 2.23. The van der Waals surface area contributed by atoms with Crippen molar-refractivity contribution in [3.05, 3.63) is 17.0 Å². The van der Waals surface area contributed by atoms with Crippen LogP contribution in [0.5, 0.6) is 0 Å². The van der Waals surface area contributed by atoms with E-state index in [1.54, 1.807) is 6.20 Å². The van der Waals surface area contributed by atoms with Crippen LogP contribution in [0.25, 0.3) is 0 Å². The van der Waals surface area contributed by atoms with Gasteiger partial charge < -0.3 is 4.90 Å². The Labute approximate surface area is 86.3 Å². The maximum absolute atomic E-state index is 4.33. The highest BCUT2D eigenvalue weighted by molar-refractivity contribution is 9.10. The van der Waals surface area contributed by atoms with Gasteiger partial charge in [-0.15, -0.1) is 0 Å². The van der Waals surface area contributed by atoms with Crippen molar-refractivity contribution in [3.8, 4) is 0 Å². The molecular weight excluding hydrogens is 230 g/mol. The second kappa shape index (κ2) is 4.05. The Hall–Kier alpha value is -0.640. The van der Waals surface area contributed by atoms with E-state index in [0.29, 0.717) is 4.73 Å². The molecule has 0 amide bonds. The zero-order valence-electron chi connectivity index (χ0n) is 7.41. The van der Waals surface area contributed by atoms with Crippen LogP contribution in [0.3, 0.4) is 0 Å². The molecule has 0 radical (unpaired) electrons. The van der Waals surface area contributed by atoms with Gasteiger partial charge in [-0.25, -0.2) is 9.97 Å². The lowest BCUT2D eigenvalue weighted by molar-refractivity contribution is 0.572. The topological polar surface area (TPSA) is 29.0 Å². The van der Waals surface area contributed by atoms with Crippen LogP contribution < -0.4 is 4.90 Å². The van der Waals surface area contributed by atoms with Gasteiger partial charge in [0.15, 0.2) is 4.73 Å². The van der Waals surface area contributed by atoms with E-state index < -0.39 is 0 Å². The highest BCUT2D eigenvalue weighted by Crippen LogP contribution is 2.17. The lowest BCUT2D eigenvalue weighted by Gasteiger charge is -2.27. The second-order valence-corrected chi connectivity index (χ2v) is 3.94. The summed E-state index contributed by atoms with van der Waals surface area (Å²) < 4.78 is 0.676. The van der Waals surface area contributed by atoms with E-state index in [4.69, 9.17) is 0 Å². The molecule has 0 aliphatic carbocycles. The molecule has 1 saturated heterocycles. The highest BCUT2D eigenvalue weighted by atomic mass is 79.9. The molecule has 13 heavy (non-hydrogen) atoms. The van der Waals surface area contributed by atoms with Gasteiger partial charge >= 0.3 is 0 Å². The SMILES string of the molecule is Brc1nccc(N2CCCCC2)n1. The average Bonchev–Trinajstić information content (AvgIpc) is 2.19. The van der Waals surface area contributed by atoms with Gasteiger partial charge in [-0.3, -0.25) is 0 Å². The van der Waals surface area contributed by atoms with Gasteiger partial charge in [-0.2, -0.15) is 0 Å². The van der Waals surface area contributed by atoms with E-state index in [1.165, 1.54) is 19.3 Å². The van der Waals surface area contributed by atoms with Gasteiger partial charge in [0, 0.05) is 19.3 Å². The Morgan fingerprint density at radius 2 is 2.00 bits per heavy atom. The predicted molar refractivity (Wildman–Crippen MR) is 55.8 cm³/mol. The number of aromatic nitrogens is 2. The molecule has 1 aromatic rings. The van der Waals surface area contributed by atoms with Crippen molar-refractivity contribution in [2.45, 2.75) is 19.3 Å². The number of hydrogen-bond donors (Lipinski definition) is 0. The van der Waals surface area contributed by atoms with Crippen LogP contribution in [0.1, 0.15) is 19.3 Å². The van der Waals surface area contributed by atoms with Crippen LogP contribution in [0.4, 0.5) is 5.82 Å². The van der Waals surface area contributed by atoms with Crippen molar-refractivity contribution in [3.63, 3.8) is 0 Å². The fourth-order valence-electron chi connectivity index (χ4n) is 1.63. The number of rotatable bonds is 1. The molecule has 2 rings (SSSR count). The molecule has 1 fully saturated rings. The van der Waals surface area contributed by atoms with Gasteiger partial charge in [0.2, 0.25) is 0 Å². The summed E-state index contributed by atoms with van der Waals surface area (Å²) in [6.45, 7) is 2.26. The largest absolute Gasteiger partial charge is 0.356 e. The molecule has 0 atom stereocenters. The fourth-order valence-corrected chi connectivity index (χ4v) is 1.93. The van der Waals surface area contributed by atoms with Crippen molar-refractivity contribution in [2.75, 3.05) is 18.0 Å². The van der Waals surface area contributed by atoms with E-state index in [1.807, 2.05) is 6.07 Å². The summed E-state index contributed by atoms with van der Waals surface area (Å²) >= 11 is 3.28. The lowest BCUT2D eigenvalue weighted by atomic mass is 10.1. The molecular formula is C9H12BrN3. The number of hydrogen-bond acceptors (Lipinski definition) is 3. The molecule has 0 spiro atoms. The van der Waals surface area contributed by atoms with E-state index in [0.717, 1.165) is 18.9 Å². The first kappa shape index (κ1) is 8.94.